The van der Waals surface area contributed by atoms with Gasteiger partial charge in [0.05, 0.1) is 30.2 Å². The number of carbonyl (C=O) groups is 2. The Bertz CT molecular complexity index is 607. The molecule has 0 bridgehead atoms. The van der Waals surface area contributed by atoms with Gasteiger partial charge in [-0.2, -0.15) is 0 Å². The molecule has 0 aliphatic carbocycles. The molecule has 1 aliphatic heterocycles. The number of nitrogens with zero attached hydrogens (tertiary/aromatic N) is 1. The molecular formula is C15H16ArNO5S-. The number of rotatable bonds is 5. The predicted molar refractivity (Wildman–Crippen MR) is 78.8 cm³/mol. The summed E-state index contributed by atoms with van der Waals surface area (Å²) in [7, 11) is 0. The summed E-state index contributed by atoms with van der Waals surface area (Å²) in [4.78, 5) is 24.1. The number of carbonyl (C=O) groups excluding carboxylic acids is 2. The van der Waals surface area contributed by atoms with Crippen LogP contribution in [-0.2, 0) is 25.6 Å². The van der Waals surface area contributed by atoms with Crippen molar-refractivity contribution in [2.45, 2.75) is 19.3 Å². The maximum absolute atomic E-state index is 12.4. The Morgan fingerprint density at radius 1 is 1.35 bits per heavy atom. The van der Waals surface area contributed by atoms with Gasteiger partial charge in [0.1, 0.15) is 0 Å². The van der Waals surface area contributed by atoms with Gasteiger partial charge >= 0.3 is 5.97 Å². The Morgan fingerprint density at radius 3 is 2.57 bits per heavy atom. The second kappa shape index (κ2) is 9.54. The van der Waals surface area contributed by atoms with Gasteiger partial charge in [0.25, 0.3) is 0 Å². The summed E-state index contributed by atoms with van der Waals surface area (Å²) in [5, 5.41) is 0. The molecule has 0 N–H and O–H groups in total. The molecule has 6 nitrogen and oxygen atoms in total. The van der Waals surface area contributed by atoms with E-state index in [1.807, 2.05) is 30.3 Å². The number of hydrogen-bond donors (Lipinski definition) is 0. The molecule has 2 rings (SSSR count). The molecule has 3 atom stereocenters. The van der Waals surface area contributed by atoms with Crippen molar-refractivity contribution in [3.8, 4) is 0 Å². The van der Waals surface area contributed by atoms with Crippen LogP contribution in [-0.4, -0.2) is 31.6 Å². The van der Waals surface area contributed by atoms with Gasteiger partial charge in [-0.1, -0.05) is 36.4 Å². The Labute approximate surface area is 167 Å². The first-order valence-electron chi connectivity index (χ1n) is 6.86. The smallest absolute Gasteiger partial charge is 0.306 e. The fourth-order valence-electron chi connectivity index (χ4n) is 2.45. The van der Waals surface area contributed by atoms with E-state index in [0.717, 1.165) is 5.56 Å². The summed E-state index contributed by atoms with van der Waals surface area (Å²) in [5.41, 5.74) is 0.845. The predicted octanol–water partition coefficient (Wildman–Crippen LogP) is 1.49. The summed E-state index contributed by atoms with van der Waals surface area (Å²) in [5.74, 6) is -2.31. The molecule has 0 saturated heterocycles. The third-order valence-corrected chi connectivity index (χ3v) is 4.06. The molecule has 1 aromatic rings. The van der Waals surface area contributed by atoms with Crippen LogP contribution in [0.3, 0.4) is 0 Å². The molecular weight excluding hydrogens is 346 g/mol. The van der Waals surface area contributed by atoms with Gasteiger partial charge in [-0.15, -0.1) is 0 Å². The van der Waals surface area contributed by atoms with E-state index in [-0.39, 0.29) is 56.7 Å². The fraction of sp³-hybridized carbons (Fsp3) is 0.333. The molecule has 1 aliphatic rings. The first-order chi connectivity index (χ1) is 10.5. The zero-order valence-corrected chi connectivity index (χ0v) is 13.9. The fourth-order valence-corrected chi connectivity index (χ4v) is 2.90. The van der Waals surface area contributed by atoms with E-state index in [1.165, 1.54) is 6.20 Å². The molecule has 23 heavy (non-hydrogen) atoms. The van der Waals surface area contributed by atoms with Crippen LogP contribution in [0.25, 0.3) is 0 Å². The standard InChI is InChI=1S/C15H17NO5S.Ar/c1-2-21-14(17)10-13-12(11-6-4-3-5-7-11)8-9-16(15(13)18)22(19)20;/h3-9,12-13H,2,10H2,1H3,(H,19,20);/p-1/t12-,13+;/m1./s1. The quantitative estimate of drug-likeness (QED) is 0.585. The van der Waals surface area contributed by atoms with Crippen LogP contribution < -0.4 is 0 Å². The molecule has 0 radical (unpaired) electrons. The number of allylic oxidation sites excluding steroid dienone is 1. The summed E-state index contributed by atoms with van der Waals surface area (Å²) in [6, 6.07) is 9.17. The van der Waals surface area contributed by atoms with Crippen LogP contribution in [0.2, 0.25) is 0 Å². The van der Waals surface area contributed by atoms with E-state index < -0.39 is 29.1 Å². The van der Waals surface area contributed by atoms with Crippen molar-refractivity contribution in [1.29, 1.82) is 0 Å². The van der Waals surface area contributed by atoms with Crippen LogP contribution in [0.1, 0.15) is 24.8 Å². The molecule has 0 saturated carbocycles. The summed E-state index contributed by atoms with van der Waals surface area (Å²) in [6.07, 6.45) is 2.69. The minimum Gasteiger partial charge on any atom is -0.755 e. The maximum atomic E-state index is 12.4. The first kappa shape index (κ1) is 20.3. The van der Waals surface area contributed by atoms with Gasteiger partial charge in [0, 0.05) is 49.9 Å². The molecule has 126 valence electrons. The third-order valence-electron chi connectivity index (χ3n) is 3.43. The van der Waals surface area contributed by atoms with Crippen molar-refractivity contribution in [3.05, 3.63) is 48.2 Å². The SMILES string of the molecule is CCOC(=O)C[C@@H]1C(=O)N(S(=O)[O-])C=C[C@@H]1c1ccccc1.[Ar]. The van der Waals surface area contributed by atoms with Crippen molar-refractivity contribution >= 4 is 23.1 Å². The molecule has 1 unspecified atom stereocenters. The van der Waals surface area contributed by atoms with E-state index in [1.54, 1.807) is 13.0 Å². The van der Waals surface area contributed by atoms with Crippen LogP contribution in [0.5, 0.6) is 0 Å². The van der Waals surface area contributed by atoms with Crippen LogP contribution in [0.15, 0.2) is 42.6 Å². The van der Waals surface area contributed by atoms with Crippen LogP contribution in [0.4, 0.5) is 0 Å². The number of benzene rings is 1. The van der Waals surface area contributed by atoms with Gasteiger partial charge in [-0.25, -0.2) is 4.31 Å². The van der Waals surface area contributed by atoms with Crippen molar-refractivity contribution in [3.63, 3.8) is 0 Å². The van der Waals surface area contributed by atoms with Gasteiger partial charge in [-0.05, 0) is 12.5 Å². The minimum absolute atomic E-state index is 0. The van der Waals surface area contributed by atoms with Crippen molar-refractivity contribution < 1.29 is 60.8 Å². The number of ether oxygens (including phenoxy) is 1. The van der Waals surface area contributed by atoms with Crippen molar-refractivity contribution in [2.24, 2.45) is 5.92 Å². The Morgan fingerprint density at radius 2 is 2.00 bits per heavy atom. The third kappa shape index (κ3) is 5.12. The van der Waals surface area contributed by atoms with E-state index in [0.29, 0.717) is 4.31 Å². The Balaban J connectivity index is 0.00000264. The largest absolute Gasteiger partial charge is 0.755 e. The van der Waals surface area contributed by atoms with Crippen molar-refractivity contribution in [1.82, 2.24) is 4.31 Å². The van der Waals surface area contributed by atoms with E-state index in [2.05, 4.69) is 0 Å². The second-order valence-electron chi connectivity index (χ2n) is 4.77. The monoisotopic (exact) mass is 362 g/mol. The van der Waals surface area contributed by atoms with Gasteiger partial charge < -0.3 is 9.29 Å². The van der Waals surface area contributed by atoms with E-state index in [4.69, 9.17) is 4.74 Å². The summed E-state index contributed by atoms with van der Waals surface area (Å²) in [6.45, 7) is 1.89. The number of esters is 1. The van der Waals surface area contributed by atoms with Crippen LogP contribution >= 0.6 is 0 Å². The zero-order chi connectivity index (χ0) is 16.1. The van der Waals surface area contributed by atoms with Gasteiger partial charge in [-0.3, -0.25) is 13.8 Å². The van der Waals surface area contributed by atoms with E-state index in [9.17, 15) is 18.4 Å². The maximum Gasteiger partial charge on any atom is 0.306 e. The molecule has 0 aromatic heterocycles. The number of amides is 1. The topological polar surface area (TPSA) is 86.7 Å². The molecule has 1 heterocycles. The summed E-state index contributed by atoms with van der Waals surface area (Å²) < 4.78 is 27.7. The van der Waals surface area contributed by atoms with Crippen molar-refractivity contribution in [2.75, 3.05) is 6.61 Å². The van der Waals surface area contributed by atoms with E-state index >= 15 is 0 Å². The summed E-state index contributed by atoms with van der Waals surface area (Å²) >= 11 is -2.70. The van der Waals surface area contributed by atoms with Gasteiger partial charge in [0.15, 0.2) is 0 Å². The Hall–Kier alpha value is -0.730. The average Bonchev–Trinajstić information content (AvgIpc) is 2.50. The molecule has 1 amide bonds. The molecule has 0 spiro atoms. The second-order valence-corrected chi connectivity index (χ2v) is 5.60. The minimum atomic E-state index is -2.70. The average molecular weight is 362 g/mol. The molecule has 0 fully saturated rings. The molecule has 8 heteroatoms. The Kier molecular flexibility index (Phi) is 8.42. The van der Waals surface area contributed by atoms with Crippen LogP contribution in [0, 0.1) is 43.7 Å². The zero-order valence-electron chi connectivity index (χ0n) is 12.4. The number of hydrogen-bond acceptors (Lipinski definition) is 5. The van der Waals surface area contributed by atoms with Gasteiger partial charge in [0.2, 0.25) is 5.91 Å². The normalized spacial score (nSPS) is 21.5. The first-order valence-corrected chi connectivity index (χ1v) is 7.89. The molecule has 1 aromatic carbocycles.